The Bertz CT molecular complexity index is 972. The normalized spacial score (nSPS) is 10.8. The third-order valence-electron chi connectivity index (χ3n) is 4.07. The molecule has 5 nitrogen and oxygen atoms in total. The van der Waals surface area contributed by atoms with Gasteiger partial charge in [-0.15, -0.1) is 10.2 Å². The summed E-state index contributed by atoms with van der Waals surface area (Å²) in [5.41, 5.74) is 1.96. The smallest absolute Gasteiger partial charge is 0.191 e. The van der Waals surface area contributed by atoms with Crippen LogP contribution in [-0.2, 0) is 12.8 Å². The Kier molecular flexibility index (Phi) is 5.91. The molecule has 140 valence electrons. The maximum absolute atomic E-state index is 14.0. The van der Waals surface area contributed by atoms with Gasteiger partial charge in [0.2, 0.25) is 0 Å². The van der Waals surface area contributed by atoms with Crippen LogP contribution in [-0.4, -0.2) is 27.2 Å². The summed E-state index contributed by atoms with van der Waals surface area (Å²) in [6.07, 6.45) is 0. The molecule has 1 aromatic heterocycles. The summed E-state index contributed by atoms with van der Waals surface area (Å²) < 4.78 is 21.5. The van der Waals surface area contributed by atoms with Crippen LogP contribution in [0.15, 0.2) is 47.6 Å². The van der Waals surface area contributed by atoms with Crippen molar-refractivity contribution in [2.45, 2.75) is 24.8 Å². The fourth-order valence-corrected chi connectivity index (χ4v) is 3.56. The summed E-state index contributed by atoms with van der Waals surface area (Å²) in [4.78, 5) is 11.7. The topological polar surface area (TPSA) is 57.0 Å². The molecule has 0 radical (unpaired) electrons. The molecule has 0 aliphatic carbocycles. The maximum Gasteiger partial charge on any atom is 0.191 e. The van der Waals surface area contributed by atoms with Crippen molar-refractivity contribution < 1.29 is 13.9 Å². The molecule has 0 spiro atoms. The highest BCUT2D eigenvalue weighted by Gasteiger charge is 2.15. The minimum Gasteiger partial charge on any atom is -0.494 e. The van der Waals surface area contributed by atoms with Gasteiger partial charge in [-0.25, -0.2) is 4.39 Å². The molecule has 0 atom stereocenters. The first kappa shape index (κ1) is 19.1. The number of Topliss-reactive ketones (excluding diaryl/α,β-unsaturated/α-hetero) is 1. The first-order valence-electron chi connectivity index (χ1n) is 8.55. The molecule has 0 bridgehead atoms. The van der Waals surface area contributed by atoms with Gasteiger partial charge in [-0.3, -0.25) is 4.79 Å². The Morgan fingerprint density at radius 1 is 1.22 bits per heavy atom. The Hall–Kier alpha value is -2.67. The molecule has 0 saturated carbocycles. The third-order valence-corrected chi connectivity index (χ3v) is 5.14. The van der Waals surface area contributed by atoms with Crippen LogP contribution in [0.2, 0.25) is 0 Å². The second kappa shape index (κ2) is 8.35. The van der Waals surface area contributed by atoms with E-state index < -0.39 is 0 Å². The molecule has 0 aliphatic rings. The van der Waals surface area contributed by atoms with E-state index in [0.717, 1.165) is 11.3 Å². The van der Waals surface area contributed by atoms with Crippen LogP contribution < -0.4 is 4.74 Å². The first-order valence-corrected chi connectivity index (χ1v) is 9.53. The summed E-state index contributed by atoms with van der Waals surface area (Å²) in [7, 11) is 1.81. The highest BCUT2D eigenvalue weighted by Crippen LogP contribution is 2.30. The van der Waals surface area contributed by atoms with E-state index in [1.54, 1.807) is 35.9 Å². The zero-order valence-electron chi connectivity index (χ0n) is 15.4. The molecular formula is C20H20FN3O2S. The second-order valence-corrected chi connectivity index (χ2v) is 6.89. The van der Waals surface area contributed by atoms with E-state index in [1.165, 1.54) is 24.8 Å². The third kappa shape index (κ3) is 4.19. The summed E-state index contributed by atoms with van der Waals surface area (Å²) in [5.74, 6) is 1.44. The van der Waals surface area contributed by atoms with E-state index in [0.29, 0.717) is 34.5 Å². The highest BCUT2D eigenvalue weighted by atomic mass is 32.2. The number of hydrogen-bond acceptors (Lipinski definition) is 5. The van der Waals surface area contributed by atoms with Gasteiger partial charge in [-0.1, -0.05) is 23.9 Å². The largest absolute Gasteiger partial charge is 0.494 e. The minimum atomic E-state index is -0.336. The van der Waals surface area contributed by atoms with Gasteiger partial charge in [0.1, 0.15) is 11.6 Å². The number of aromatic nitrogens is 3. The Morgan fingerprint density at radius 3 is 2.70 bits per heavy atom. The number of hydrogen-bond donors (Lipinski definition) is 0. The monoisotopic (exact) mass is 385 g/mol. The molecule has 0 fully saturated rings. The molecule has 0 saturated heterocycles. The van der Waals surface area contributed by atoms with Gasteiger partial charge >= 0.3 is 0 Å². The zero-order valence-corrected chi connectivity index (χ0v) is 16.2. The van der Waals surface area contributed by atoms with Crippen LogP contribution in [0.5, 0.6) is 5.75 Å². The lowest BCUT2D eigenvalue weighted by Crippen LogP contribution is -2.00. The Balaban J connectivity index is 1.84. The maximum atomic E-state index is 14.0. The quantitative estimate of drug-likeness (QED) is 0.442. The molecule has 3 rings (SSSR count). The minimum absolute atomic E-state index is 0.00444. The fraction of sp³-hybridized carbons (Fsp3) is 0.250. The molecule has 0 N–H and O–H groups in total. The second-order valence-electron chi connectivity index (χ2n) is 5.95. The van der Waals surface area contributed by atoms with Crippen molar-refractivity contribution in [1.29, 1.82) is 0 Å². The van der Waals surface area contributed by atoms with Gasteiger partial charge in [0.25, 0.3) is 0 Å². The molecule has 3 aromatic rings. The van der Waals surface area contributed by atoms with E-state index >= 15 is 0 Å². The van der Waals surface area contributed by atoms with Crippen molar-refractivity contribution >= 4 is 17.5 Å². The van der Waals surface area contributed by atoms with Crippen LogP contribution in [0.4, 0.5) is 4.39 Å². The molecule has 0 amide bonds. The van der Waals surface area contributed by atoms with E-state index in [9.17, 15) is 9.18 Å². The number of carbonyl (C=O) groups excluding carboxylic acids is 1. The van der Waals surface area contributed by atoms with Gasteiger partial charge in [0.15, 0.2) is 16.8 Å². The number of halogens is 1. The van der Waals surface area contributed by atoms with Crippen LogP contribution in [0.25, 0.3) is 11.4 Å². The fourth-order valence-electron chi connectivity index (χ4n) is 2.67. The van der Waals surface area contributed by atoms with E-state index in [2.05, 4.69) is 10.2 Å². The number of rotatable bonds is 7. The van der Waals surface area contributed by atoms with E-state index in [4.69, 9.17) is 4.74 Å². The van der Waals surface area contributed by atoms with Crippen molar-refractivity contribution in [1.82, 2.24) is 14.8 Å². The number of thioether (sulfide) groups is 1. The molecule has 2 aromatic carbocycles. The van der Waals surface area contributed by atoms with Crippen molar-refractivity contribution in [3.8, 4) is 17.1 Å². The number of nitrogens with zero attached hydrogens (tertiary/aromatic N) is 3. The highest BCUT2D eigenvalue weighted by molar-refractivity contribution is 7.98. The lowest BCUT2D eigenvalue weighted by Gasteiger charge is -2.11. The molecule has 1 heterocycles. The Labute approximate surface area is 161 Å². The van der Waals surface area contributed by atoms with Crippen molar-refractivity contribution in [3.63, 3.8) is 0 Å². The number of benzene rings is 2. The average Bonchev–Trinajstić information content (AvgIpc) is 3.02. The lowest BCUT2D eigenvalue weighted by atomic mass is 10.1. The van der Waals surface area contributed by atoms with Crippen LogP contribution in [0.3, 0.4) is 0 Å². The average molecular weight is 385 g/mol. The van der Waals surface area contributed by atoms with Gasteiger partial charge in [0, 0.05) is 23.9 Å². The van der Waals surface area contributed by atoms with Gasteiger partial charge in [-0.2, -0.15) is 0 Å². The molecule has 0 aliphatic heterocycles. The number of ether oxygens (including phenoxy) is 1. The number of ketones is 1. The van der Waals surface area contributed by atoms with E-state index in [-0.39, 0.29) is 11.6 Å². The van der Waals surface area contributed by atoms with Gasteiger partial charge in [-0.05, 0) is 44.2 Å². The lowest BCUT2D eigenvalue weighted by molar-refractivity contribution is 0.101. The summed E-state index contributed by atoms with van der Waals surface area (Å²) >= 11 is 1.46. The zero-order chi connectivity index (χ0) is 19.4. The van der Waals surface area contributed by atoms with Gasteiger partial charge in [0.05, 0.1) is 12.2 Å². The van der Waals surface area contributed by atoms with E-state index in [1.807, 2.05) is 19.1 Å². The molecule has 27 heavy (non-hydrogen) atoms. The molecule has 0 unspecified atom stereocenters. The summed E-state index contributed by atoms with van der Waals surface area (Å²) in [6.45, 7) is 3.99. The standard InChI is InChI=1S/C20H20FN3O2S/c1-4-26-18-10-9-14(13(2)25)11-15(18)12-27-20-23-22-19(24(20)3)16-7-5-6-8-17(16)21/h5-11H,4,12H2,1-3H3. The van der Waals surface area contributed by atoms with Crippen molar-refractivity contribution in [2.75, 3.05) is 6.61 Å². The van der Waals surface area contributed by atoms with Gasteiger partial charge < -0.3 is 9.30 Å². The summed E-state index contributed by atoms with van der Waals surface area (Å²) in [6, 6.07) is 11.9. The van der Waals surface area contributed by atoms with Crippen LogP contribution in [0, 0.1) is 5.82 Å². The predicted octanol–water partition coefficient (Wildman–Crippen LogP) is 4.51. The first-order chi connectivity index (χ1) is 13.0. The molecular weight excluding hydrogens is 365 g/mol. The summed E-state index contributed by atoms with van der Waals surface area (Å²) in [5, 5.41) is 8.97. The van der Waals surface area contributed by atoms with Crippen LogP contribution in [0.1, 0.15) is 29.8 Å². The Morgan fingerprint density at radius 2 is 2.00 bits per heavy atom. The van der Waals surface area contributed by atoms with Crippen LogP contribution >= 0.6 is 11.8 Å². The van der Waals surface area contributed by atoms with Crippen molar-refractivity contribution in [2.24, 2.45) is 7.05 Å². The molecule has 7 heteroatoms. The SMILES string of the molecule is CCOc1ccc(C(C)=O)cc1CSc1nnc(-c2ccccc2F)n1C. The van der Waals surface area contributed by atoms with Crippen molar-refractivity contribution in [3.05, 3.63) is 59.4 Å². The predicted molar refractivity (Wildman–Crippen MR) is 104 cm³/mol. The number of carbonyl (C=O) groups is 1.